The van der Waals surface area contributed by atoms with Crippen molar-refractivity contribution in [2.45, 2.75) is 18.4 Å². The second-order valence-corrected chi connectivity index (χ2v) is 6.22. The van der Waals surface area contributed by atoms with Crippen LogP contribution in [0.4, 0.5) is 0 Å². The largest absolute Gasteiger partial charge is 0.337 e. The Hall–Kier alpha value is -2.24. The predicted molar refractivity (Wildman–Crippen MR) is 87.8 cm³/mol. The van der Waals surface area contributed by atoms with Crippen LogP contribution >= 0.6 is 0 Å². The number of nitrogens with zero attached hydrogens (tertiary/aromatic N) is 2. The predicted octanol–water partition coefficient (Wildman–Crippen LogP) is 1.86. The van der Waals surface area contributed by atoms with E-state index in [-0.39, 0.29) is 5.91 Å². The number of amides is 1. The number of aromatic nitrogens is 1. The summed E-state index contributed by atoms with van der Waals surface area (Å²) in [4.78, 5) is 18.5. The quantitative estimate of drug-likeness (QED) is 0.909. The third-order valence-electron chi connectivity index (χ3n) is 4.74. The number of pyridine rings is 1. The fourth-order valence-electron chi connectivity index (χ4n) is 3.27. The lowest BCUT2D eigenvalue weighted by molar-refractivity contribution is 0.0602. The summed E-state index contributed by atoms with van der Waals surface area (Å²) in [7, 11) is 0. The highest BCUT2D eigenvalue weighted by Crippen LogP contribution is 2.28. The third kappa shape index (κ3) is 2.85. The molecule has 4 rings (SSSR count). The van der Waals surface area contributed by atoms with E-state index in [9.17, 15) is 4.79 Å². The monoisotopic (exact) mass is 308 g/mol. The van der Waals surface area contributed by atoms with Gasteiger partial charge in [-0.05, 0) is 41.8 Å². The maximum absolute atomic E-state index is 12.5. The molecule has 23 heavy (non-hydrogen) atoms. The molecule has 5 heteroatoms. The van der Waals surface area contributed by atoms with Crippen LogP contribution in [0.15, 0.2) is 48.8 Å². The number of hydrazine groups is 1. The van der Waals surface area contributed by atoms with Crippen molar-refractivity contribution in [3.8, 4) is 0 Å². The molecule has 0 radical (unpaired) electrons. The topological polar surface area (TPSA) is 57.3 Å². The minimum absolute atomic E-state index is 0.124. The van der Waals surface area contributed by atoms with E-state index < -0.39 is 0 Å². The van der Waals surface area contributed by atoms with E-state index in [0.29, 0.717) is 12.0 Å². The Kier molecular flexibility index (Phi) is 3.81. The molecular formula is C18H20N4O. The van der Waals surface area contributed by atoms with Crippen LogP contribution in [0.3, 0.4) is 0 Å². The number of benzene rings is 1. The molecule has 2 aliphatic heterocycles. The number of carbonyl (C=O) groups is 1. The summed E-state index contributed by atoms with van der Waals surface area (Å²) in [5.41, 5.74) is 9.64. The van der Waals surface area contributed by atoms with E-state index in [1.807, 2.05) is 41.6 Å². The molecule has 2 aromatic rings. The van der Waals surface area contributed by atoms with E-state index in [0.717, 1.165) is 31.6 Å². The summed E-state index contributed by atoms with van der Waals surface area (Å²) in [6.07, 6.45) is 4.70. The Balaban J connectivity index is 1.38. The van der Waals surface area contributed by atoms with Gasteiger partial charge in [0.15, 0.2) is 0 Å². The SMILES string of the molecule is O=C(c1ccc(C2CCNN2)cc1)N1CC(c2ccncc2)C1. The lowest BCUT2D eigenvalue weighted by Gasteiger charge is -2.39. The van der Waals surface area contributed by atoms with Crippen LogP contribution in [0.1, 0.15) is 39.9 Å². The number of nitrogens with one attached hydrogen (secondary N) is 2. The van der Waals surface area contributed by atoms with Crippen LogP contribution in [-0.2, 0) is 0 Å². The highest BCUT2D eigenvalue weighted by atomic mass is 16.2. The molecule has 3 heterocycles. The first-order chi connectivity index (χ1) is 11.3. The van der Waals surface area contributed by atoms with Gasteiger partial charge in [-0.15, -0.1) is 0 Å². The highest BCUT2D eigenvalue weighted by molar-refractivity contribution is 5.94. The smallest absolute Gasteiger partial charge is 0.253 e. The molecule has 0 saturated carbocycles. The summed E-state index contributed by atoms with van der Waals surface area (Å²) in [6, 6.07) is 12.4. The van der Waals surface area contributed by atoms with Crippen LogP contribution in [0, 0.1) is 0 Å². The van der Waals surface area contributed by atoms with Gasteiger partial charge in [-0.3, -0.25) is 20.6 Å². The Morgan fingerprint density at radius 3 is 2.43 bits per heavy atom. The maximum atomic E-state index is 12.5. The normalized spacial score (nSPS) is 21.2. The fourth-order valence-corrected chi connectivity index (χ4v) is 3.27. The van der Waals surface area contributed by atoms with Gasteiger partial charge >= 0.3 is 0 Å². The van der Waals surface area contributed by atoms with Gasteiger partial charge < -0.3 is 4.90 Å². The molecule has 0 spiro atoms. The number of rotatable bonds is 3. The zero-order valence-electron chi connectivity index (χ0n) is 12.9. The van der Waals surface area contributed by atoms with Crippen molar-refractivity contribution in [3.63, 3.8) is 0 Å². The van der Waals surface area contributed by atoms with Gasteiger partial charge in [0.2, 0.25) is 0 Å². The summed E-state index contributed by atoms with van der Waals surface area (Å²) in [5, 5.41) is 0. The minimum Gasteiger partial charge on any atom is -0.337 e. The van der Waals surface area contributed by atoms with Crippen molar-refractivity contribution in [2.75, 3.05) is 19.6 Å². The lowest BCUT2D eigenvalue weighted by Crippen LogP contribution is -2.48. The van der Waals surface area contributed by atoms with Crippen LogP contribution < -0.4 is 10.9 Å². The van der Waals surface area contributed by atoms with Gasteiger partial charge in [-0.1, -0.05) is 12.1 Å². The molecule has 1 aromatic heterocycles. The molecule has 2 fully saturated rings. The molecule has 2 saturated heterocycles. The molecule has 1 atom stereocenters. The Bertz CT molecular complexity index is 674. The molecule has 0 bridgehead atoms. The fraction of sp³-hybridized carbons (Fsp3) is 0.333. The van der Waals surface area contributed by atoms with E-state index in [2.05, 4.69) is 28.0 Å². The first-order valence-corrected chi connectivity index (χ1v) is 8.09. The average Bonchev–Trinajstić information content (AvgIpc) is 3.09. The maximum Gasteiger partial charge on any atom is 0.253 e. The Morgan fingerprint density at radius 1 is 1.04 bits per heavy atom. The molecule has 118 valence electrons. The van der Waals surface area contributed by atoms with Crippen molar-refractivity contribution in [2.24, 2.45) is 0 Å². The van der Waals surface area contributed by atoms with Crippen molar-refractivity contribution in [1.29, 1.82) is 0 Å². The molecule has 2 aliphatic rings. The number of hydrogen-bond donors (Lipinski definition) is 2. The van der Waals surface area contributed by atoms with E-state index in [1.165, 1.54) is 11.1 Å². The van der Waals surface area contributed by atoms with Crippen LogP contribution in [0.25, 0.3) is 0 Å². The van der Waals surface area contributed by atoms with Crippen LogP contribution in [0.2, 0.25) is 0 Å². The van der Waals surface area contributed by atoms with Gasteiger partial charge in [-0.25, -0.2) is 0 Å². The number of hydrogen-bond acceptors (Lipinski definition) is 4. The highest BCUT2D eigenvalue weighted by Gasteiger charge is 2.32. The van der Waals surface area contributed by atoms with Gasteiger partial charge in [0.05, 0.1) is 0 Å². The van der Waals surface area contributed by atoms with Crippen LogP contribution in [0.5, 0.6) is 0 Å². The summed E-state index contributed by atoms with van der Waals surface area (Å²) >= 11 is 0. The molecule has 1 aromatic carbocycles. The van der Waals surface area contributed by atoms with Crippen LogP contribution in [-0.4, -0.2) is 35.4 Å². The van der Waals surface area contributed by atoms with E-state index in [4.69, 9.17) is 0 Å². The number of carbonyl (C=O) groups excluding carboxylic acids is 1. The van der Waals surface area contributed by atoms with Gasteiger partial charge in [0, 0.05) is 49.6 Å². The number of likely N-dealkylation sites (tertiary alicyclic amines) is 1. The second kappa shape index (κ2) is 6.10. The molecule has 0 aliphatic carbocycles. The van der Waals surface area contributed by atoms with Crippen molar-refractivity contribution < 1.29 is 4.79 Å². The first kappa shape index (κ1) is 14.4. The molecule has 5 nitrogen and oxygen atoms in total. The average molecular weight is 308 g/mol. The zero-order valence-corrected chi connectivity index (χ0v) is 12.9. The minimum atomic E-state index is 0.124. The van der Waals surface area contributed by atoms with Crippen molar-refractivity contribution >= 4 is 5.91 Å². The molecule has 1 unspecified atom stereocenters. The molecule has 2 N–H and O–H groups in total. The summed E-state index contributed by atoms with van der Waals surface area (Å²) in [5.74, 6) is 0.564. The standard InChI is InChI=1S/C18H20N4O/c23-18(22-11-16(12-22)13-5-8-19-9-6-13)15-3-1-14(2-4-15)17-7-10-20-21-17/h1-6,8-9,16-17,20-21H,7,10-12H2. The lowest BCUT2D eigenvalue weighted by atomic mass is 9.91. The van der Waals surface area contributed by atoms with Crippen molar-refractivity contribution in [3.05, 3.63) is 65.5 Å². The van der Waals surface area contributed by atoms with Gasteiger partial charge in [-0.2, -0.15) is 0 Å². The van der Waals surface area contributed by atoms with Crippen molar-refractivity contribution in [1.82, 2.24) is 20.7 Å². The second-order valence-electron chi connectivity index (χ2n) is 6.22. The van der Waals surface area contributed by atoms with Gasteiger partial charge in [0.1, 0.15) is 0 Å². The van der Waals surface area contributed by atoms with E-state index >= 15 is 0 Å². The van der Waals surface area contributed by atoms with Gasteiger partial charge in [0.25, 0.3) is 5.91 Å². The molecular weight excluding hydrogens is 288 g/mol. The first-order valence-electron chi connectivity index (χ1n) is 8.09. The summed E-state index contributed by atoms with van der Waals surface area (Å²) < 4.78 is 0. The van der Waals surface area contributed by atoms with E-state index in [1.54, 1.807) is 0 Å². The zero-order chi connectivity index (χ0) is 15.6. The summed E-state index contributed by atoms with van der Waals surface area (Å²) in [6.45, 7) is 2.56. The molecule has 1 amide bonds. The Labute approximate surface area is 135 Å². The third-order valence-corrected chi connectivity index (χ3v) is 4.74. The Morgan fingerprint density at radius 2 is 1.78 bits per heavy atom.